The zero-order chi connectivity index (χ0) is 12.8. The molecule has 0 aliphatic heterocycles. The van der Waals surface area contributed by atoms with E-state index in [2.05, 4.69) is 20.4 Å². The molecule has 0 fully saturated rings. The Kier molecular flexibility index (Phi) is 4.43. The number of ether oxygens (including phenoxy) is 1. The van der Waals surface area contributed by atoms with Crippen molar-refractivity contribution in [1.82, 2.24) is 25.0 Å². The number of hydrogen-bond donors (Lipinski definition) is 1. The normalized spacial score (nSPS) is 11.0. The van der Waals surface area contributed by atoms with Crippen molar-refractivity contribution in [2.45, 2.75) is 20.0 Å². The van der Waals surface area contributed by atoms with Gasteiger partial charge in [0.05, 0.1) is 25.2 Å². The Hall–Kier alpha value is -1.73. The fraction of sp³-hybridized carbons (Fsp3) is 0.545. The molecule has 2 aromatic rings. The van der Waals surface area contributed by atoms with Crippen LogP contribution in [-0.2, 0) is 17.8 Å². The Morgan fingerprint density at radius 3 is 3.11 bits per heavy atom. The van der Waals surface area contributed by atoms with Crippen molar-refractivity contribution in [1.29, 1.82) is 0 Å². The molecule has 0 unspecified atom stereocenters. The molecule has 2 aromatic heterocycles. The van der Waals surface area contributed by atoms with Gasteiger partial charge in [-0.1, -0.05) is 5.16 Å². The molecule has 0 saturated carbocycles. The number of rotatable bonds is 7. The van der Waals surface area contributed by atoms with Crippen LogP contribution in [0.1, 0.15) is 17.4 Å². The molecule has 0 aliphatic rings. The predicted molar refractivity (Wildman–Crippen MR) is 63.9 cm³/mol. The van der Waals surface area contributed by atoms with Crippen molar-refractivity contribution in [3.8, 4) is 0 Å². The highest BCUT2D eigenvalue weighted by Crippen LogP contribution is 2.01. The molecule has 0 aromatic carbocycles. The van der Waals surface area contributed by atoms with Crippen LogP contribution in [0.25, 0.3) is 0 Å². The highest BCUT2D eigenvalue weighted by Gasteiger charge is 2.04. The number of methoxy groups -OCH3 is 1. The van der Waals surface area contributed by atoms with E-state index in [1.807, 2.05) is 10.8 Å². The maximum atomic E-state index is 4.95. The first-order chi connectivity index (χ1) is 8.78. The molecule has 7 nitrogen and oxygen atoms in total. The lowest BCUT2D eigenvalue weighted by molar-refractivity contribution is 0.199. The summed E-state index contributed by atoms with van der Waals surface area (Å²) in [5.74, 6) is 1.23. The van der Waals surface area contributed by atoms with E-state index in [1.165, 1.54) is 0 Å². The molecule has 2 rings (SSSR count). The second-order valence-electron chi connectivity index (χ2n) is 3.94. The Morgan fingerprint density at radius 2 is 2.39 bits per heavy atom. The standard InChI is InChI=1S/C11H17N5O2/c1-9-14-11(15-18-9)7-16-6-10(13-8-16)5-12-3-4-17-2/h6,8,12H,3-5,7H2,1-2H3. The average Bonchev–Trinajstić information content (AvgIpc) is 2.95. The zero-order valence-corrected chi connectivity index (χ0v) is 10.6. The van der Waals surface area contributed by atoms with E-state index in [4.69, 9.17) is 9.26 Å². The van der Waals surface area contributed by atoms with Crippen molar-refractivity contribution in [2.24, 2.45) is 0 Å². The maximum absolute atomic E-state index is 4.95. The Morgan fingerprint density at radius 1 is 1.50 bits per heavy atom. The van der Waals surface area contributed by atoms with Crippen LogP contribution in [0.3, 0.4) is 0 Å². The van der Waals surface area contributed by atoms with Crippen molar-refractivity contribution in [2.75, 3.05) is 20.3 Å². The lowest BCUT2D eigenvalue weighted by Gasteiger charge is -2.00. The molecule has 0 spiro atoms. The van der Waals surface area contributed by atoms with E-state index in [0.29, 0.717) is 24.9 Å². The van der Waals surface area contributed by atoms with Crippen molar-refractivity contribution in [3.05, 3.63) is 29.9 Å². The fourth-order valence-electron chi connectivity index (χ4n) is 1.54. The SMILES string of the molecule is COCCNCc1cn(Cc2noc(C)n2)cn1. The van der Waals surface area contributed by atoms with Gasteiger partial charge in [-0.15, -0.1) is 0 Å². The summed E-state index contributed by atoms with van der Waals surface area (Å²) in [4.78, 5) is 8.43. The lowest BCUT2D eigenvalue weighted by atomic mass is 10.4. The van der Waals surface area contributed by atoms with Gasteiger partial charge in [-0.05, 0) is 0 Å². The van der Waals surface area contributed by atoms with Crippen LogP contribution in [0.2, 0.25) is 0 Å². The van der Waals surface area contributed by atoms with Crippen LogP contribution in [-0.4, -0.2) is 40.0 Å². The van der Waals surface area contributed by atoms with Gasteiger partial charge in [-0.3, -0.25) is 0 Å². The minimum absolute atomic E-state index is 0.572. The van der Waals surface area contributed by atoms with E-state index < -0.39 is 0 Å². The third-order valence-corrected chi connectivity index (χ3v) is 2.37. The summed E-state index contributed by atoms with van der Waals surface area (Å²) in [5.41, 5.74) is 0.978. The molecule has 0 atom stereocenters. The van der Waals surface area contributed by atoms with Gasteiger partial charge in [0.15, 0.2) is 5.82 Å². The molecule has 0 amide bonds. The molecule has 0 bridgehead atoms. The van der Waals surface area contributed by atoms with Gasteiger partial charge in [0.1, 0.15) is 0 Å². The van der Waals surface area contributed by atoms with Gasteiger partial charge in [0.2, 0.25) is 5.89 Å². The maximum Gasteiger partial charge on any atom is 0.223 e. The van der Waals surface area contributed by atoms with Gasteiger partial charge in [-0.25, -0.2) is 4.98 Å². The first-order valence-corrected chi connectivity index (χ1v) is 5.77. The number of imidazole rings is 1. The average molecular weight is 251 g/mol. The Balaban J connectivity index is 1.82. The number of aromatic nitrogens is 4. The van der Waals surface area contributed by atoms with Crippen molar-refractivity contribution in [3.63, 3.8) is 0 Å². The first kappa shape index (κ1) is 12.7. The molecule has 0 aliphatic carbocycles. The second-order valence-corrected chi connectivity index (χ2v) is 3.94. The minimum Gasteiger partial charge on any atom is -0.383 e. The van der Waals surface area contributed by atoms with Gasteiger partial charge in [0.25, 0.3) is 0 Å². The molecule has 7 heteroatoms. The molecule has 0 radical (unpaired) electrons. The largest absolute Gasteiger partial charge is 0.383 e. The van der Waals surface area contributed by atoms with Gasteiger partial charge < -0.3 is 19.1 Å². The summed E-state index contributed by atoms with van der Waals surface area (Å²) >= 11 is 0. The third kappa shape index (κ3) is 3.64. The Bertz CT molecular complexity index is 479. The van der Waals surface area contributed by atoms with Crippen LogP contribution in [0.15, 0.2) is 17.0 Å². The highest BCUT2D eigenvalue weighted by molar-refractivity contribution is 4.98. The van der Waals surface area contributed by atoms with Crippen LogP contribution >= 0.6 is 0 Å². The summed E-state index contributed by atoms with van der Waals surface area (Å²) in [5, 5.41) is 7.07. The van der Waals surface area contributed by atoms with Crippen LogP contribution in [0.5, 0.6) is 0 Å². The van der Waals surface area contributed by atoms with Crippen molar-refractivity contribution >= 4 is 0 Å². The molecule has 18 heavy (non-hydrogen) atoms. The molecular formula is C11H17N5O2. The van der Waals surface area contributed by atoms with Crippen LogP contribution in [0.4, 0.5) is 0 Å². The first-order valence-electron chi connectivity index (χ1n) is 5.77. The molecule has 2 heterocycles. The highest BCUT2D eigenvalue weighted by atomic mass is 16.5. The fourth-order valence-corrected chi connectivity index (χ4v) is 1.54. The number of nitrogens with zero attached hydrogens (tertiary/aromatic N) is 4. The third-order valence-electron chi connectivity index (χ3n) is 2.37. The Labute approximate surface area is 105 Å². The summed E-state index contributed by atoms with van der Waals surface area (Å²) in [6.45, 7) is 4.58. The molecule has 98 valence electrons. The van der Waals surface area contributed by atoms with E-state index in [1.54, 1.807) is 20.4 Å². The van der Waals surface area contributed by atoms with Gasteiger partial charge in [-0.2, -0.15) is 4.98 Å². The van der Waals surface area contributed by atoms with E-state index in [0.717, 1.165) is 18.8 Å². The van der Waals surface area contributed by atoms with E-state index in [-0.39, 0.29) is 0 Å². The van der Waals surface area contributed by atoms with Crippen LogP contribution in [0, 0.1) is 6.92 Å². The van der Waals surface area contributed by atoms with Crippen LogP contribution < -0.4 is 5.32 Å². The number of hydrogen-bond acceptors (Lipinski definition) is 6. The predicted octanol–water partition coefficient (Wildman–Crippen LogP) is 0.359. The summed E-state index contributed by atoms with van der Waals surface area (Å²) in [6, 6.07) is 0. The number of aryl methyl sites for hydroxylation is 1. The number of nitrogens with one attached hydrogen (secondary N) is 1. The van der Waals surface area contributed by atoms with E-state index >= 15 is 0 Å². The lowest BCUT2D eigenvalue weighted by Crippen LogP contribution is -2.18. The molecule has 1 N–H and O–H groups in total. The summed E-state index contributed by atoms with van der Waals surface area (Å²) in [6.07, 6.45) is 3.73. The quantitative estimate of drug-likeness (QED) is 0.716. The topological polar surface area (TPSA) is 78.0 Å². The van der Waals surface area contributed by atoms with Gasteiger partial charge >= 0.3 is 0 Å². The summed E-state index contributed by atoms with van der Waals surface area (Å²) in [7, 11) is 1.68. The smallest absolute Gasteiger partial charge is 0.223 e. The van der Waals surface area contributed by atoms with Crippen molar-refractivity contribution < 1.29 is 9.26 Å². The monoisotopic (exact) mass is 251 g/mol. The second kappa shape index (κ2) is 6.27. The zero-order valence-electron chi connectivity index (χ0n) is 10.6. The molecular weight excluding hydrogens is 234 g/mol. The molecule has 0 saturated heterocycles. The minimum atomic E-state index is 0.572. The van der Waals surface area contributed by atoms with E-state index in [9.17, 15) is 0 Å². The summed E-state index contributed by atoms with van der Waals surface area (Å²) < 4.78 is 11.8. The van der Waals surface area contributed by atoms with Gasteiger partial charge in [0, 0.05) is 33.3 Å².